The summed E-state index contributed by atoms with van der Waals surface area (Å²) in [5.41, 5.74) is 2.70. The highest BCUT2D eigenvalue weighted by atomic mass is 35.5. The lowest BCUT2D eigenvalue weighted by Gasteiger charge is -2.34. The average Bonchev–Trinajstić information content (AvgIpc) is 3.24. The summed E-state index contributed by atoms with van der Waals surface area (Å²) >= 11 is 13.6. The molecule has 2 aromatic rings. The Morgan fingerprint density at radius 2 is 1.97 bits per heavy atom. The van der Waals surface area contributed by atoms with E-state index in [0.29, 0.717) is 33.7 Å². The van der Waals surface area contributed by atoms with Gasteiger partial charge in [0.05, 0.1) is 35.5 Å². The minimum Gasteiger partial charge on any atom is -0.508 e. The first-order chi connectivity index (χ1) is 15.1. The van der Waals surface area contributed by atoms with E-state index >= 15 is 0 Å². The van der Waals surface area contributed by atoms with Gasteiger partial charge in [-0.15, -0.1) is 11.3 Å². The zero-order chi connectivity index (χ0) is 21.4. The lowest BCUT2D eigenvalue weighted by Crippen LogP contribution is -2.39. The zero-order valence-corrected chi connectivity index (χ0v) is 18.9. The van der Waals surface area contributed by atoms with Crippen LogP contribution in [0.3, 0.4) is 0 Å². The summed E-state index contributed by atoms with van der Waals surface area (Å²) in [4.78, 5) is 14.5. The van der Waals surface area contributed by atoms with Crippen molar-refractivity contribution >= 4 is 46.1 Å². The van der Waals surface area contributed by atoms with Crippen LogP contribution in [0.15, 0.2) is 59.2 Å². The van der Waals surface area contributed by atoms with Crippen LogP contribution in [0.25, 0.3) is 5.70 Å². The molecular weight excluding hydrogens is 455 g/mol. The molecule has 0 atom stereocenters. The molecule has 0 bridgehead atoms. The maximum atomic E-state index is 10.7. The number of aliphatic hydroxyl groups excluding tert-OH is 1. The van der Waals surface area contributed by atoms with E-state index in [1.54, 1.807) is 6.07 Å². The largest absolute Gasteiger partial charge is 0.508 e. The van der Waals surface area contributed by atoms with Crippen molar-refractivity contribution in [2.24, 2.45) is 4.99 Å². The van der Waals surface area contributed by atoms with Crippen molar-refractivity contribution in [1.29, 1.82) is 0 Å². The topological polar surface area (TPSA) is 61.2 Å². The standard InChI is InChI=1S/C22H20Cl2N4O2S/c23-17-3-1-14(10-18(17)24)9-16-11-25-22(31-16)21-19(29)13-28-12-15(2-4-20(28)26-21)27-5-7-30-8-6-27/h1-4,10-12,29H,5-9,13H2. The van der Waals surface area contributed by atoms with Crippen LogP contribution >= 0.6 is 34.5 Å². The maximum Gasteiger partial charge on any atom is 0.145 e. The van der Waals surface area contributed by atoms with Gasteiger partial charge >= 0.3 is 0 Å². The summed E-state index contributed by atoms with van der Waals surface area (Å²) in [5, 5.41) is 12.5. The van der Waals surface area contributed by atoms with E-state index in [-0.39, 0.29) is 5.76 Å². The van der Waals surface area contributed by atoms with Crippen LogP contribution < -0.4 is 0 Å². The number of benzene rings is 1. The zero-order valence-electron chi connectivity index (χ0n) is 16.6. The Morgan fingerprint density at radius 1 is 1.13 bits per heavy atom. The summed E-state index contributed by atoms with van der Waals surface area (Å²) in [7, 11) is 0. The molecule has 9 heteroatoms. The summed E-state index contributed by atoms with van der Waals surface area (Å²) in [6.07, 6.45) is 8.60. The Balaban J connectivity index is 1.33. The van der Waals surface area contributed by atoms with Gasteiger partial charge in [0.1, 0.15) is 22.3 Å². The van der Waals surface area contributed by atoms with Gasteiger partial charge in [0, 0.05) is 36.8 Å². The number of morpholine rings is 1. The molecule has 4 heterocycles. The van der Waals surface area contributed by atoms with Gasteiger partial charge in [0.15, 0.2) is 0 Å². The van der Waals surface area contributed by atoms with Gasteiger partial charge in [-0.2, -0.15) is 0 Å². The average molecular weight is 475 g/mol. The first-order valence-electron chi connectivity index (χ1n) is 9.96. The Labute approximate surface area is 194 Å². The number of hydrogen-bond acceptors (Lipinski definition) is 7. The smallest absolute Gasteiger partial charge is 0.145 e. The van der Waals surface area contributed by atoms with Crippen LogP contribution in [0.4, 0.5) is 0 Å². The van der Waals surface area contributed by atoms with Crippen molar-refractivity contribution < 1.29 is 9.84 Å². The molecule has 5 rings (SSSR count). The van der Waals surface area contributed by atoms with Crippen molar-refractivity contribution in [3.05, 3.63) is 79.7 Å². The van der Waals surface area contributed by atoms with E-state index < -0.39 is 0 Å². The third kappa shape index (κ3) is 4.36. The number of fused-ring (bicyclic) bond motifs is 1. The van der Waals surface area contributed by atoms with Gasteiger partial charge in [-0.1, -0.05) is 29.3 Å². The lowest BCUT2D eigenvalue weighted by atomic mass is 10.1. The van der Waals surface area contributed by atoms with Crippen molar-refractivity contribution in [2.45, 2.75) is 6.42 Å². The number of rotatable bonds is 4. The molecule has 1 fully saturated rings. The van der Waals surface area contributed by atoms with Crippen LogP contribution in [-0.4, -0.2) is 58.6 Å². The molecule has 31 heavy (non-hydrogen) atoms. The van der Waals surface area contributed by atoms with Crippen LogP contribution in [0.2, 0.25) is 10.0 Å². The van der Waals surface area contributed by atoms with Crippen LogP contribution in [-0.2, 0) is 11.2 Å². The SMILES string of the molecule is OC1=C(c2ncc(Cc3ccc(Cl)c(Cl)c3)s2)N=C2C=CC(N3CCOCC3)=CN2C1. The van der Waals surface area contributed by atoms with Gasteiger partial charge < -0.3 is 19.6 Å². The minimum atomic E-state index is 0.215. The monoisotopic (exact) mass is 474 g/mol. The van der Waals surface area contributed by atoms with Crippen LogP contribution in [0, 0.1) is 0 Å². The predicted octanol–water partition coefficient (Wildman–Crippen LogP) is 4.72. The van der Waals surface area contributed by atoms with Crippen molar-refractivity contribution in [3.8, 4) is 0 Å². The molecule has 0 saturated carbocycles. The van der Waals surface area contributed by atoms with Crippen molar-refractivity contribution in [3.63, 3.8) is 0 Å². The predicted molar refractivity (Wildman–Crippen MR) is 125 cm³/mol. The summed E-state index contributed by atoms with van der Waals surface area (Å²) in [6, 6.07) is 5.61. The minimum absolute atomic E-state index is 0.215. The van der Waals surface area contributed by atoms with Gasteiger partial charge in [-0.05, 0) is 29.8 Å². The van der Waals surface area contributed by atoms with Crippen LogP contribution in [0.5, 0.6) is 0 Å². The van der Waals surface area contributed by atoms with Gasteiger partial charge in [0.25, 0.3) is 0 Å². The Bertz CT molecular complexity index is 1130. The number of hydrogen-bond donors (Lipinski definition) is 1. The highest BCUT2D eigenvalue weighted by Crippen LogP contribution is 2.31. The number of aromatic nitrogens is 1. The number of ether oxygens (including phenoxy) is 1. The molecule has 0 unspecified atom stereocenters. The Kier molecular flexibility index (Phi) is 5.75. The van der Waals surface area contributed by atoms with E-state index in [0.717, 1.165) is 48.3 Å². The quantitative estimate of drug-likeness (QED) is 0.693. The molecule has 0 aliphatic carbocycles. The number of thiazole rings is 1. The highest BCUT2D eigenvalue weighted by Gasteiger charge is 2.25. The normalized spacial score (nSPS) is 18.8. The molecule has 1 N–H and O–H groups in total. The maximum absolute atomic E-state index is 10.7. The Morgan fingerprint density at radius 3 is 2.77 bits per heavy atom. The van der Waals surface area contributed by atoms with Crippen molar-refractivity contribution in [2.75, 3.05) is 32.8 Å². The van der Waals surface area contributed by atoms with E-state index in [9.17, 15) is 5.11 Å². The van der Waals surface area contributed by atoms with Crippen LogP contribution in [0.1, 0.15) is 15.4 Å². The highest BCUT2D eigenvalue weighted by molar-refractivity contribution is 7.12. The van der Waals surface area contributed by atoms with E-state index in [2.05, 4.69) is 21.0 Å². The first kappa shape index (κ1) is 20.6. The van der Waals surface area contributed by atoms with E-state index in [4.69, 9.17) is 27.9 Å². The molecule has 0 amide bonds. The molecule has 1 aromatic heterocycles. The van der Waals surface area contributed by atoms with Gasteiger partial charge in [0.2, 0.25) is 0 Å². The number of nitrogens with zero attached hydrogens (tertiary/aromatic N) is 4. The molecule has 3 aliphatic heterocycles. The molecule has 0 radical (unpaired) electrons. The molecule has 1 saturated heterocycles. The summed E-state index contributed by atoms with van der Waals surface area (Å²) in [6.45, 7) is 3.56. The molecule has 160 valence electrons. The molecule has 3 aliphatic rings. The third-order valence-corrected chi connectivity index (χ3v) is 7.04. The molecule has 0 spiro atoms. The molecule has 6 nitrogen and oxygen atoms in total. The first-order valence-corrected chi connectivity index (χ1v) is 11.5. The summed E-state index contributed by atoms with van der Waals surface area (Å²) < 4.78 is 5.43. The third-order valence-electron chi connectivity index (χ3n) is 5.30. The van der Waals surface area contributed by atoms with Gasteiger partial charge in [-0.25, -0.2) is 9.98 Å². The van der Waals surface area contributed by atoms with Crippen molar-refractivity contribution in [1.82, 2.24) is 14.8 Å². The van der Waals surface area contributed by atoms with Gasteiger partial charge in [-0.3, -0.25) is 0 Å². The second-order valence-corrected chi connectivity index (χ2v) is 9.37. The lowest BCUT2D eigenvalue weighted by molar-refractivity contribution is 0.0547. The molecular formula is C22H20Cl2N4O2S. The summed E-state index contributed by atoms with van der Waals surface area (Å²) in [5.74, 6) is 1.01. The number of aliphatic hydroxyl groups is 1. The number of amidine groups is 1. The van der Waals surface area contributed by atoms with E-state index in [1.165, 1.54) is 11.3 Å². The second-order valence-electron chi connectivity index (χ2n) is 7.44. The Hall–Kier alpha value is -2.32. The van der Waals surface area contributed by atoms with E-state index in [1.807, 2.05) is 35.5 Å². The fourth-order valence-corrected chi connectivity index (χ4v) is 4.98. The fourth-order valence-electron chi connectivity index (χ4n) is 3.70. The molecule has 1 aromatic carbocycles. The number of aliphatic imine (C=N–C) groups is 1. The number of allylic oxidation sites excluding steroid dienone is 1. The second kappa shape index (κ2) is 8.67. The fraction of sp³-hybridized carbons (Fsp3) is 0.273. The number of halogens is 2.